The Balaban J connectivity index is 1.89. The van der Waals surface area contributed by atoms with Gasteiger partial charge in [0.15, 0.2) is 0 Å². The van der Waals surface area contributed by atoms with Crippen LogP contribution in [0.3, 0.4) is 0 Å². The molecule has 1 heterocycles. The van der Waals surface area contributed by atoms with Gasteiger partial charge in [0.05, 0.1) is 23.8 Å². The summed E-state index contributed by atoms with van der Waals surface area (Å²) in [6, 6.07) is 15.8. The predicted octanol–water partition coefficient (Wildman–Crippen LogP) is 3.58. The standard InChI is InChI=1S/C19H16N2O3/c1-12-11-16(15-5-3-4-6-17(15)20-12)18(22)21-14-9-7-13(8-10-14)19(23)24-2/h3-11H,1-2H3,(H,21,22). The molecule has 5 nitrogen and oxygen atoms in total. The lowest BCUT2D eigenvalue weighted by Gasteiger charge is -2.09. The highest BCUT2D eigenvalue weighted by Gasteiger charge is 2.12. The van der Waals surface area contributed by atoms with E-state index < -0.39 is 5.97 Å². The number of nitrogens with one attached hydrogen (secondary N) is 1. The molecule has 1 aromatic heterocycles. The number of amides is 1. The summed E-state index contributed by atoms with van der Waals surface area (Å²) in [7, 11) is 1.33. The Morgan fingerprint density at radius 3 is 2.46 bits per heavy atom. The molecule has 1 N–H and O–H groups in total. The second-order valence-corrected chi connectivity index (χ2v) is 5.35. The van der Waals surface area contributed by atoms with E-state index in [2.05, 4.69) is 15.0 Å². The van der Waals surface area contributed by atoms with E-state index in [9.17, 15) is 9.59 Å². The average Bonchev–Trinajstić information content (AvgIpc) is 2.60. The predicted molar refractivity (Wildman–Crippen MR) is 92.2 cm³/mol. The highest BCUT2D eigenvalue weighted by Crippen LogP contribution is 2.20. The normalized spacial score (nSPS) is 10.4. The summed E-state index contributed by atoms with van der Waals surface area (Å²) < 4.78 is 4.65. The van der Waals surface area contributed by atoms with E-state index in [4.69, 9.17) is 0 Å². The van der Waals surface area contributed by atoms with E-state index in [-0.39, 0.29) is 5.91 Å². The lowest BCUT2D eigenvalue weighted by atomic mass is 10.1. The zero-order chi connectivity index (χ0) is 17.1. The van der Waals surface area contributed by atoms with Gasteiger partial charge in [-0.1, -0.05) is 18.2 Å². The molecule has 0 unspecified atom stereocenters. The number of methoxy groups -OCH3 is 1. The van der Waals surface area contributed by atoms with Crippen molar-refractivity contribution < 1.29 is 14.3 Å². The van der Waals surface area contributed by atoms with Gasteiger partial charge >= 0.3 is 5.97 Å². The summed E-state index contributed by atoms with van der Waals surface area (Å²) in [6.45, 7) is 1.86. The van der Waals surface area contributed by atoms with Gasteiger partial charge in [0.1, 0.15) is 0 Å². The quantitative estimate of drug-likeness (QED) is 0.749. The molecule has 24 heavy (non-hydrogen) atoms. The Bertz CT molecular complexity index is 918. The van der Waals surface area contributed by atoms with E-state index in [1.807, 2.05) is 31.2 Å². The van der Waals surface area contributed by atoms with Gasteiger partial charge < -0.3 is 10.1 Å². The summed E-state index contributed by atoms with van der Waals surface area (Å²) in [5.41, 5.74) is 3.16. The van der Waals surface area contributed by atoms with E-state index in [0.29, 0.717) is 16.8 Å². The first-order valence-corrected chi connectivity index (χ1v) is 7.44. The number of nitrogens with zero attached hydrogens (tertiary/aromatic N) is 1. The first-order chi connectivity index (χ1) is 11.6. The molecule has 3 aromatic rings. The van der Waals surface area contributed by atoms with Crippen LogP contribution in [-0.4, -0.2) is 24.0 Å². The molecular weight excluding hydrogens is 304 g/mol. The molecule has 0 aliphatic carbocycles. The minimum Gasteiger partial charge on any atom is -0.465 e. The van der Waals surface area contributed by atoms with Crippen molar-refractivity contribution in [3.05, 3.63) is 71.4 Å². The summed E-state index contributed by atoms with van der Waals surface area (Å²) >= 11 is 0. The minimum atomic E-state index is -0.413. The van der Waals surface area contributed by atoms with Crippen LogP contribution in [0.4, 0.5) is 5.69 Å². The van der Waals surface area contributed by atoms with E-state index in [0.717, 1.165) is 16.6 Å². The average molecular weight is 320 g/mol. The third-order valence-electron chi connectivity index (χ3n) is 3.65. The van der Waals surface area contributed by atoms with Crippen LogP contribution in [0.15, 0.2) is 54.6 Å². The van der Waals surface area contributed by atoms with Crippen LogP contribution >= 0.6 is 0 Å². The number of hydrogen-bond acceptors (Lipinski definition) is 4. The highest BCUT2D eigenvalue weighted by molar-refractivity contribution is 6.12. The van der Waals surface area contributed by atoms with Crippen molar-refractivity contribution in [1.29, 1.82) is 0 Å². The molecule has 2 aromatic carbocycles. The van der Waals surface area contributed by atoms with Gasteiger partial charge in [-0.2, -0.15) is 0 Å². The fourth-order valence-electron chi connectivity index (χ4n) is 2.50. The smallest absolute Gasteiger partial charge is 0.337 e. The van der Waals surface area contributed by atoms with Crippen molar-refractivity contribution in [1.82, 2.24) is 4.98 Å². The van der Waals surface area contributed by atoms with E-state index in [1.165, 1.54) is 7.11 Å². The monoisotopic (exact) mass is 320 g/mol. The first kappa shape index (κ1) is 15.7. The molecule has 120 valence electrons. The van der Waals surface area contributed by atoms with Crippen LogP contribution in [0, 0.1) is 6.92 Å². The minimum absolute atomic E-state index is 0.220. The van der Waals surface area contributed by atoms with Gasteiger partial charge in [0.2, 0.25) is 0 Å². The van der Waals surface area contributed by atoms with Crippen molar-refractivity contribution in [2.24, 2.45) is 0 Å². The molecule has 0 spiro atoms. The molecule has 0 atom stereocenters. The molecule has 3 rings (SSSR count). The van der Waals surface area contributed by atoms with Crippen molar-refractivity contribution in [2.45, 2.75) is 6.92 Å². The maximum atomic E-state index is 12.6. The van der Waals surface area contributed by atoms with Gasteiger partial charge in [-0.3, -0.25) is 9.78 Å². The molecule has 1 amide bonds. The van der Waals surface area contributed by atoms with Crippen LogP contribution in [0.2, 0.25) is 0 Å². The zero-order valence-corrected chi connectivity index (χ0v) is 13.4. The molecule has 5 heteroatoms. The summed E-state index contributed by atoms with van der Waals surface area (Å²) in [5.74, 6) is -0.633. The number of hydrogen-bond donors (Lipinski definition) is 1. The lowest BCUT2D eigenvalue weighted by molar-refractivity contribution is 0.0600. The van der Waals surface area contributed by atoms with Gasteiger partial charge in [-0.25, -0.2) is 4.79 Å². The number of ether oxygens (including phenoxy) is 1. The number of aryl methyl sites for hydroxylation is 1. The maximum absolute atomic E-state index is 12.6. The number of esters is 1. The second-order valence-electron chi connectivity index (χ2n) is 5.35. The number of fused-ring (bicyclic) bond motifs is 1. The van der Waals surface area contributed by atoms with Gasteiger partial charge in [-0.15, -0.1) is 0 Å². The van der Waals surface area contributed by atoms with Crippen LogP contribution in [-0.2, 0) is 4.74 Å². The Hall–Kier alpha value is -3.21. The fraction of sp³-hybridized carbons (Fsp3) is 0.105. The number of carbonyl (C=O) groups is 2. The third kappa shape index (κ3) is 3.10. The van der Waals surface area contributed by atoms with Crippen molar-refractivity contribution in [2.75, 3.05) is 12.4 Å². The second kappa shape index (κ2) is 6.50. The molecule has 0 saturated carbocycles. The fourth-order valence-corrected chi connectivity index (χ4v) is 2.50. The zero-order valence-electron chi connectivity index (χ0n) is 13.4. The summed E-state index contributed by atoms with van der Waals surface area (Å²) in [6.07, 6.45) is 0. The molecule has 0 bridgehead atoms. The molecule has 0 aliphatic rings. The van der Waals surface area contributed by atoms with Crippen molar-refractivity contribution >= 4 is 28.5 Å². The van der Waals surface area contributed by atoms with Gasteiger partial charge in [0.25, 0.3) is 5.91 Å². The maximum Gasteiger partial charge on any atom is 0.337 e. The number of carbonyl (C=O) groups excluding carboxylic acids is 2. The lowest BCUT2D eigenvalue weighted by Crippen LogP contribution is -2.13. The summed E-state index contributed by atoms with van der Waals surface area (Å²) in [4.78, 5) is 28.5. The summed E-state index contributed by atoms with van der Waals surface area (Å²) in [5, 5.41) is 3.64. The SMILES string of the molecule is COC(=O)c1ccc(NC(=O)c2cc(C)nc3ccccc23)cc1. The van der Waals surface area contributed by atoms with Crippen molar-refractivity contribution in [3.63, 3.8) is 0 Å². The number of para-hydroxylation sites is 1. The number of benzene rings is 2. The van der Waals surface area contributed by atoms with Crippen LogP contribution < -0.4 is 5.32 Å². The highest BCUT2D eigenvalue weighted by atomic mass is 16.5. The molecule has 0 radical (unpaired) electrons. The Kier molecular flexibility index (Phi) is 4.24. The van der Waals surface area contributed by atoms with Crippen molar-refractivity contribution in [3.8, 4) is 0 Å². The van der Waals surface area contributed by atoms with Gasteiger partial charge in [-0.05, 0) is 43.3 Å². The van der Waals surface area contributed by atoms with Gasteiger partial charge in [0, 0.05) is 16.8 Å². The molecule has 0 aliphatic heterocycles. The molecular formula is C19H16N2O3. The first-order valence-electron chi connectivity index (χ1n) is 7.44. The third-order valence-corrected chi connectivity index (χ3v) is 3.65. The Morgan fingerprint density at radius 2 is 1.75 bits per heavy atom. The van der Waals surface area contributed by atoms with Crippen LogP contribution in [0.1, 0.15) is 26.4 Å². The van der Waals surface area contributed by atoms with E-state index in [1.54, 1.807) is 30.3 Å². The van der Waals surface area contributed by atoms with Crippen LogP contribution in [0.25, 0.3) is 10.9 Å². The number of pyridine rings is 1. The topological polar surface area (TPSA) is 68.3 Å². The Labute approximate surface area is 139 Å². The van der Waals surface area contributed by atoms with E-state index >= 15 is 0 Å². The molecule has 0 saturated heterocycles. The number of anilines is 1. The number of rotatable bonds is 3. The Morgan fingerprint density at radius 1 is 1.04 bits per heavy atom. The van der Waals surface area contributed by atoms with Crippen LogP contribution in [0.5, 0.6) is 0 Å². The largest absolute Gasteiger partial charge is 0.465 e. The molecule has 0 fully saturated rings. The number of aromatic nitrogens is 1.